The summed E-state index contributed by atoms with van der Waals surface area (Å²) in [6.45, 7) is 2.22. The van der Waals surface area contributed by atoms with Gasteiger partial charge in [-0.25, -0.2) is 9.36 Å². The molecule has 150 valence electrons. The third-order valence-electron chi connectivity index (χ3n) is 4.57. The molecule has 4 aromatic rings. The van der Waals surface area contributed by atoms with E-state index in [9.17, 15) is 9.59 Å². The quantitative estimate of drug-likeness (QED) is 0.540. The minimum Gasteiger partial charge on any atom is -0.309 e. The van der Waals surface area contributed by atoms with Gasteiger partial charge in [0.2, 0.25) is 5.91 Å². The van der Waals surface area contributed by atoms with Gasteiger partial charge in [0.05, 0.1) is 17.9 Å². The number of carbonyl (C=O) groups excluding carboxylic acids is 1. The van der Waals surface area contributed by atoms with Crippen LogP contribution in [-0.4, -0.2) is 25.5 Å². The Morgan fingerprint density at radius 1 is 0.900 bits per heavy atom. The number of nitrogens with one attached hydrogen (secondary N) is 1. The Morgan fingerprint density at radius 2 is 1.60 bits per heavy atom. The fourth-order valence-corrected chi connectivity index (χ4v) is 3.17. The summed E-state index contributed by atoms with van der Waals surface area (Å²) in [6.07, 6.45) is 0. The molecule has 0 aliphatic carbocycles. The molecule has 0 aliphatic rings. The van der Waals surface area contributed by atoms with Crippen molar-refractivity contribution in [2.75, 3.05) is 5.32 Å². The number of hydrogen-bond donors (Lipinski definition) is 1. The lowest BCUT2D eigenvalue weighted by molar-refractivity contribution is -0.117. The monoisotopic (exact) mass is 399 g/mol. The predicted molar refractivity (Wildman–Crippen MR) is 115 cm³/mol. The molecule has 0 unspecified atom stereocenters. The van der Waals surface area contributed by atoms with Crippen molar-refractivity contribution >= 4 is 11.7 Å². The van der Waals surface area contributed by atoms with E-state index in [0.717, 1.165) is 16.8 Å². The smallest absolute Gasteiger partial charge is 0.267 e. The molecule has 0 fully saturated rings. The van der Waals surface area contributed by atoms with Crippen LogP contribution in [0.3, 0.4) is 0 Å². The molecule has 2 aromatic carbocycles. The van der Waals surface area contributed by atoms with Crippen molar-refractivity contribution in [2.24, 2.45) is 0 Å². The average Bonchev–Trinajstić information content (AvgIpc) is 3.09. The molecule has 0 bridgehead atoms. The Kier molecular flexibility index (Phi) is 5.52. The summed E-state index contributed by atoms with van der Waals surface area (Å²) in [5.74, 6) is 0.234. The van der Waals surface area contributed by atoms with Gasteiger partial charge in [-0.05, 0) is 18.6 Å². The third kappa shape index (κ3) is 4.52. The van der Waals surface area contributed by atoms with E-state index in [0.29, 0.717) is 18.1 Å². The highest BCUT2D eigenvalue weighted by molar-refractivity contribution is 5.89. The normalized spacial score (nSPS) is 10.7. The summed E-state index contributed by atoms with van der Waals surface area (Å²) in [5, 5.41) is 11.6. The molecule has 0 atom stereocenters. The largest absolute Gasteiger partial charge is 0.309 e. The number of carbonyl (C=O) groups is 1. The fourth-order valence-electron chi connectivity index (χ4n) is 3.17. The van der Waals surface area contributed by atoms with Crippen LogP contribution in [0.25, 0.3) is 11.3 Å². The van der Waals surface area contributed by atoms with E-state index in [4.69, 9.17) is 0 Å². The molecule has 7 heteroatoms. The Morgan fingerprint density at radius 3 is 2.33 bits per heavy atom. The van der Waals surface area contributed by atoms with E-state index in [-0.39, 0.29) is 18.0 Å². The molecule has 30 heavy (non-hydrogen) atoms. The van der Waals surface area contributed by atoms with Crippen molar-refractivity contribution < 1.29 is 4.79 Å². The lowest BCUT2D eigenvalue weighted by Gasteiger charge is -2.10. The zero-order chi connectivity index (χ0) is 20.9. The van der Waals surface area contributed by atoms with E-state index >= 15 is 0 Å². The van der Waals surface area contributed by atoms with Gasteiger partial charge in [0.25, 0.3) is 5.56 Å². The standard InChI is InChI=1S/C23H21N5O2/c1-17-14-21(27(25-17)15-18-8-4-2-5-9-18)24-22(29)16-28-23(30)13-12-20(26-28)19-10-6-3-7-11-19/h2-14H,15-16H2,1H3,(H,24,29). The lowest BCUT2D eigenvalue weighted by Crippen LogP contribution is -2.30. The zero-order valence-electron chi connectivity index (χ0n) is 16.5. The van der Waals surface area contributed by atoms with E-state index in [2.05, 4.69) is 15.5 Å². The van der Waals surface area contributed by atoms with Gasteiger partial charge < -0.3 is 5.32 Å². The van der Waals surface area contributed by atoms with Crippen LogP contribution in [0.1, 0.15) is 11.3 Å². The van der Waals surface area contributed by atoms with Crippen LogP contribution in [-0.2, 0) is 17.9 Å². The SMILES string of the molecule is Cc1cc(NC(=O)Cn2nc(-c3ccccc3)ccc2=O)n(Cc2ccccc2)n1. The molecule has 0 saturated carbocycles. The summed E-state index contributed by atoms with van der Waals surface area (Å²) in [5.41, 5.74) is 3.04. The van der Waals surface area contributed by atoms with E-state index in [1.807, 2.05) is 67.6 Å². The summed E-state index contributed by atoms with van der Waals surface area (Å²) in [7, 11) is 0. The molecule has 2 aromatic heterocycles. The Labute approximate surface area is 173 Å². The van der Waals surface area contributed by atoms with Crippen molar-refractivity contribution in [2.45, 2.75) is 20.0 Å². The Bertz CT molecular complexity index is 1210. The first kappa shape index (κ1) is 19.3. The van der Waals surface area contributed by atoms with Crippen LogP contribution in [0.4, 0.5) is 5.82 Å². The first-order valence-corrected chi connectivity index (χ1v) is 9.60. The Balaban J connectivity index is 1.51. The molecule has 1 N–H and O–H groups in total. The summed E-state index contributed by atoms with van der Waals surface area (Å²) >= 11 is 0. The number of anilines is 1. The van der Waals surface area contributed by atoms with E-state index in [1.54, 1.807) is 16.8 Å². The fraction of sp³-hybridized carbons (Fsp3) is 0.130. The highest BCUT2D eigenvalue weighted by atomic mass is 16.2. The molecule has 0 aliphatic heterocycles. The van der Waals surface area contributed by atoms with Gasteiger partial charge in [0.1, 0.15) is 12.4 Å². The number of nitrogens with zero attached hydrogens (tertiary/aromatic N) is 4. The van der Waals surface area contributed by atoms with Crippen molar-refractivity contribution in [3.8, 4) is 11.3 Å². The highest BCUT2D eigenvalue weighted by Gasteiger charge is 2.12. The van der Waals surface area contributed by atoms with Gasteiger partial charge in [0.15, 0.2) is 0 Å². The minimum absolute atomic E-state index is 0.185. The number of rotatable bonds is 6. The minimum atomic E-state index is -0.343. The van der Waals surface area contributed by atoms with Crippen molar-refractivity contribution in [1.82, 2.24) is 19.6 Å². The van der Waals surface area contributed by atoms with E-state index in [1.165, 1.54) is 10.7 Å². The van der Waals surface area contributed by atoms with Gasteiger partial charge in [-0.3, -0.25) is 9.59 Å². The van der Waals surface area contributed by atoms with Crippen molar-refractivity contribution in [1.29, 1.82) is 0 Å². The number of benzene rings is 2. The van der Waals surface area contributed by atoms with Gasteiger partial charge in [-0.2, -0.15) is 10.2 Å². The van der Waals surface area contributed by atoms with Gasteiger partial charge in [-0.1, -0.05) is 60.7 Å². The number of aromatic nitrogens is 4. The highest BCUT2D eigenvalue weighted by Crippen LogP contribution is 2.15. The number of aryl methyl sites for hydroxylation is 1. The third-order valence-corrected chi connectivity index (χ3v) is 4.57. The average molecular weight is 399 g/mol. The van der Waals surface area contributed by atoms with Crippen LogP contribution in [0, 0.1) is 6.92 Å². The first-order valence-electron chi connectivity index (χ1n) is 9.60. The molecular formula is C23H21N5O2. The molecule has 7 nitrogen and oxygen atoms in total. The predicted octanol–water partition coefficient (Wildman–Crippen LogP) is 3.10. The second kappa shape index (κ2) is 8.57. The maximum absolute atomic E-state index is 12.6. The van der Waals surface area contributed by atoms with Gasteiger partial charge >= 0.3 is 0 Å². The van der Waals surface area contributed by atoms with Gasteiger partial charge in [0, 0.05) is 17.7 Å². The lowest BCUT2D eigenvalue weighted by atomic mass is 10.1. The number of amides is 1. The first-order chi connectivity index (χ1) is 14.6. The van der Waals surface area contributed by atoms with Crippen molar-refractivity contribution in [3.05, 3.63) is 100 Å². The molecule has 0 spiro atoms. The van der Waals surface area contributed by atoms with Crippen LogP contribution >= 0.6 is 0 Å². The van der Waals surface area contributed by atoms with E-state index < -0.39 is 0 Å². The summed E-state index contributed by atoms with van der Waals surface area (Å²) in [4.78, 5) is 24.8. The molecule has 1 amide bonds. The van der Waals surface area contributed by atoms with Crippen LogP contribution < -0.4 is 10.9 Å². The zero-order valence-corrected chi connectivity index (χ0v) is 16.5. The maximum Gasteiger partial charge on any atom is 0.267 e. The van der Waals surface area contributed by atoms with Crippen molar-refractivity contribution in [3.63, 3.8) is 0 Å². The van der Waals surface area contributed by atoms with Gasteiger partial charge in [-0.15, -0.1) is 0 Å². The summed E-state index contributed by atoms with van der Waals surface area (Å²) in [6, 6.07) is 24.3. The molecule has 0 saturated heterocycles. The van der Waals surface area contributed by atoms with Crippen LogP contribution in [0.5, 0.6) is 0 Å². The molecule has 4 rings (SSSR count). The summed E-state index contributed by atoms with van der Waals surface area (Å²) < 4.78 is 2.90. The number of hydrogen-bond acceptors (Lipinski definition) is 4. The topological polar surface area (TPSA) is 81.8 Å². The molecule has 2 heterocycles. The second-order valence-corrected chi connectivity index (χ2v) is 6.94. The molecule has 0 radical (unpaired) electrons. The molecular weight excluding hydrogens is 378 g/mol. The second-order valence-electron chi connectivity index (χ2n) is 6.94. The van der Waals surface area contributed by atoms with Crippen LogP contribution in [0.2, 0.25) is 0 Å². The maximum atomic E-state index is 12.6. The Hall–Kier alpha value is -4.00. The van der Waals surface area contributed by atoms with Crippen LogP contribution in [0.15, 0.2) is 83.7 Å².